The molecule has 0 fully saturated rings. The summed E-state index contributed by atoms with van der Waals surface area (Å²) in [5.41, 5.74) is 6.38. The summed E-state index contributed by atoms with van der Waals surface area (Å²) < 4.78 is 0. The van der Waals surface area contributed by atoms with Gasteiger partial charge in [-0.05, 0) is 24.9 Å². The maximum Gasteiger partial charge on any atom is 0.320 e. The van der Waals surface area contributed by atoms with Crippen LogP contribution in [0.3, 0.4) is 0 Å². The van der Waals surface area contributed by atoms with E-state index in [4.69, 9.17) is 5.73 Å². The van der Waals surface area contributed by atoms with E-state index in [-0.39, 0.29) is 0 Å². The van der Waals surface area contributed by atoms with E-state index in [1.165, 1.54) is 0 Å². The van der Waals surface area contributed by atoms with Crippen LogP contribution < -0.4 is 11.1 Å². The second-order valence-corrected chi connectivity index (χ2v) is 4.34. The molecule has 1 aromatic carbocycles. The largest absolute Gasteiger partial charge is 0.330 e. The Balaban J connectivity index is 2.52. The molecule has 0 aromatic heterocycles. The molecule has 0 bridgehead atoms. The minimum absolute atomic E-state index is 0.445. The molecule has 0 aliphatic heterocycles. The number of nitrogens with one attached hydrogen (secondary N) is 1. The zero-order chi connectivity index (χ0) is 14.8. The molecule has 0 radical (unpaired) electrons. The van der Waals surface area contributed by atoms with E-state index in [1.807, 2.05) is 30.3 Å². The molecule has 0 heterocycles. The molecule has 1 atom stereocenters. The molecule has 1 unspecified atom stereocenters. The van der Waals surface area contributed by atoms with E-state index in [2.05, 4.69) is 10.2 Å². The molecule has 1 rings (SSSR count). The predicted molar refractivity (Wildman–Crippen MR) is 73.1 cm³/mol. The van der Waals surface area contributed by atoms with Gasteiger partial charge in [-0.2, -0.15) is 0 Å². The summed E-state index contributed by atoms with van der Waals surface area (Å²) in [6, 6.07) is 8.77. The summed E-state index contributed by atoms with van der Waals surface area (Å²) in [5.74, 6) is -0.872. The third-order valence-corrected chi connectivity index (χ3v) is 2.79. The average Bonchev–Trinajstić information content (AvgIpc) is 2.43. The molecule has 7 nitrogen and oxygen atoms in total. The molecule has 0 aliphatic rings. The highest BCUT2D eigenvalue weighted by atomic mass is 17.0. The Kier molecular flexibility index (Phi) is 7.23. The van der Waals surface area contributed by atoms with Crippen LogP contribution in [0.5, 0.6) is 0 Å². The first-order valence-corrected chi connectivity index (χ1v) is 6.47. The molecule has 20 heavy (non-hydrogen) atoms. The lowest BCUT2D eigenvalue weighted by Crippen LogP contribution is -2.38. The highest BCUT2D eigenvalue weighted by molar-refractivity contribution is 5.75. The Bertz CT molecular complexity index is 425. The maximum absolute atomic E-state index is 11.6. The van der Waals surface area contributed by atoms with Crippen molar-refractivity contribution >= 4 is 5.97 Å². The molecule has 0 saturated heterocycles. The van der Waals surface area contributed by atoms with Gasteiger partial charge in [0.25, 0.3) is 0 Å². The summed E-state index contributed by atoms with van der Waals surface area (Å²) in [6.45, 7) is 0.969. The minimum atomic E-state index is -1.08. The molecule has 0 aliphatic carbocycles. The lowest BCUT2D eigenvalue weighted by molar-refractivity contribution is -0.730. The van der Waals surface area contributed by atoms with Crippen molar-refractivity contribution in [2.24, 2.45) is 5.73 Å². The molecule has 1 aromatic rings. The first-order valence-electron chi connectivity index (χ1n) is 6.47. The third kappa shape index (κ3) is 6.26. The second-order valence-electron chi connectivity index (χ2n) is 4.34. The number of hydrogen-bond acceptors (Lipinski definition) is 6. The summed E-state index contributed by atoms with van der Waals surface area (Å²) in [6.07, 6.45) is 1.92. The fourth-order valence-electron chi connectivity index (χ4n) is 1.77. The number of carbonyl (C=O) groups is 1. The van der Waals surface area contributed by atoms with Gasteiger partial charge in [0, 0.05) is 6.54 Å². The number of nitrogens with zero attached hydrogens (tertiary/aromatic N) is 1. The molecule has 3 N–H and O–H groups in total. The average molecular weight is 281 g/mol. The van der Waals surface area contributed by atoms with Gasteiger partial charge in [0.1, 0.15) is 0 Å². The normalized spacial score (nSPS) is 11.8. The van der Waals surface area contributed by atoms with Crippen LogP contribution in [-0.4, -0.2) is 23.6 Å². The summed E-state index contributed by atoms with van der Waals surface area (Å²) >= 11 is 0. The Morgan fingerprint density at radius 1 is 1.35 bits per heavy atom. The number of benzene rings is 1. The summed E-state index contributed by atoms with van der Waals surface area (Å²) in [5, 5.41) is 12.1. The van der Waals surface area contributed by atoms with Gasteiger partial charge in [-0.3, -0.25) is 4.79 Å². The highest BCUT2D eigenvalue weighted by Gasteiger charge is 2.21. The van der Waals surface area contributed by atoms with Gasteiger partial charge in [-0.1, -0.05) is 36.8 Å². The van der Waals surface area contributed by atoms with E-state index in [1.54, 1.807) is 0 Å². The van der Waals surface area contributed by atoms with Gasteiger partial charge in [0.2, 0.25) is 0 Å². The zero-order valence-corrected chi connectivity index (χ0v) is 11.2. The fraction of sp³-hybridized carbons (Fsp3) is 0.462. The molecule has 7 heteroatoms. The molecular weight excluding hydrogens is 262 g/mol. The van der Waals surface area contributed by atoms with E-state index in [0.717, 1.165) is 12.0 Å². The van der Waals surface area contributed by atoms with Gasteiger partial charge in [0.05, 0.1) is 6.04 Å². The van der Waals surface area contributed by atoms with Crippen molar-refractivity contribution in [3.05, 3.63) is 46.0 Å². The van der Waals surface area contributed by atoms with Crippen LogP contribution in [0.2, 0.25) is 0 Å². The lowest BCUT2D eigenvalue weighted by Gasteiger charge is -2.16. The van der Waals surface area contributed by atoms with Gasteiger partial charge in [-0.25, -0.2) is 4.84 Å². The van der Waals surface area contributed by atoms with Crippen LogP contribution in [0.15, 0.2) is 30.3 Å². The first-order chi connectivity index (χ1) is 9.63. The van der Waals surface area contributed by atoms with Crippen molar-refractivity contribution in [3.8, 4) is 0 Å². The van der Waals surface area contributed by atoms with Crippen molar-refractivity contribution < 1.29 is 14.7 Å². The van der Waals surface area contributed by atoms with Crippen LogP contribution >= 0.6 is 0 Å². The minimum Gasteiger partial charge on any atom is -0.330 e. The van der Waals surface area contributed by atoms with Crippen LogP contribution in [0.25, 0.3) is 0 Å². The van der Waals surface area contributed by atoms with Crippen LogP contribution in [0, 0.1) is 10.1 Å². The van der Waals surface area contributed by atoms with Crippen molar-refractivity contribution in [1.82, 2.24) is 5.32 Å². The second kappa shape index (κ2) is 9.00. The van der Waals surface area contributed by atoms with Crippen LogP contribution in [0.1, 0.15) is 24.8 Å². The maximum atomic E-state index is 11.6. The van der Waals surface area contributed by atoms with E-state index < -0.39 is 17.1 Å². The Labute approximate surface area is 117 Å². The van der Waals surface area contributed by atoms with Gasteiger partial charge < -0.3 is 11.1 Å². The fourth-order valence-corrected chi connectivity index (χ4v) is 1.77. The smallest absolute Gasteiger partial charge is 0.320 e. The Morgan fingerprint density at radius 3 is 2.65 bits per heavy atom. The third-order valence-electron chi connectivity index (χ3n) is 2.79. The van der Waals surface area contributed by atoms with E-state index in [0.29, 0.717) is 25.9 Å². The number of carbonyl (C=O) groups excluding carboxylic acids is 1. The first kappa shape index (κ1) is 16.1. The van der Waals surface area contributed by atoms with Gasteiger partial charge >= 0.3 is 11.1 Å². The van der Waals surface area contributed by atoms with Crippen molar-refractivity contribution in [2.75, 3.05) is 6.54 Å². The van der Waals surface area contributed by atoms with Gasteiger partial charge in [-0.15, -0.1) is 10.1 Å². The van der Waals surface area contributed by atoms with E-state index >= 15 is 0 Å². The zero-order valence-electron chi connectivity index (χ0n) is 11.2. The van der Waals surface area contributed by atoms with E-state index in [9.17, 15) is 14.9 Å². The van der Waals surface area contributed by atoms with Crippen LogP contribution in [-0.2, 0) is 16.2 Å². The number of hydrogen-bond donors (Lipinski definition) is 2. The quantitative estimate of drug-likeness (QED) is 0.397. The van der Waals surface area contributed by atoms with Crippen molar-refractivity contribution in [3.63, 3.8) is 0 Å². The number of rotatable bonds is 9. The van der Waals surface area contributed by atoms with Crippen LogP contribution in [0.4, 0.5) is 0 Å². The predicted octanol–water partition coefficient (Wildman–Crippen LogP) is 1.01. The van der Waals surface area contributed by atoms with Crippen molar-refractivity contribution in [2.45, 2.75) is 31.8 Å². The van der Waals surface area contributed by atoms with Gasteiger partial charge in [0.15, 0.2) is 0 Å². The molecule has 110 valence electrons. The topological polar surface area (TPSA) is 107 Å². The molecule has 0 amide bonds. The Morgan fingerprint density at radius 2 is 2.05 bits per heavy atom. The highest BCUT2D eigenvalue weighted by Crippen LogP contribution is 2.05. The summed E-state index contributed by atoms with van der Waals surface area (Å²) in [4.78, 5) is 25.9. The monoisotopic (exact) mass is 281 g/mol. The molecule has 0 saturated carbocycles. The summed E-state index contributed by atoms with van der Waals surface area (Å²) in [7, 11) is 0. The molecular formula is C13H19N3O4. The van der Waals surface area contributed by atoms with Crippen molar-refractivity contribution in [1.29, 1.82) is 0 Å². The Hall–Kier alpha value is -1.99. The molecule has 0 spiro atoms. The SMILES string of the molecule is NCCCCC(NCc1ccccc1)C(=O)O[N+](=O)[O-]. The number of unbranched alkanes of at least 4 members (excludes halogenated alkanes) is 1. The number of nitrogens with two attached hydrogens (primary N) is 1. The standard InChI is InChI=1S/C13H19N3O4/c14-9-5-4-8-12(13(17)20-16(18)19)15-10-11-6-2-1-3-7-11/h1-3,6-7,12,15H,4-5,8-10,14H2. The lowest BCUT2D eigenvalue weighted by atomic mass is 10.1.